The fraction of sp³-hybridized carbons (Fsp3) is 0.909. The van der Waals surface area contributed by atoms with Crippen molar-refractivity contribution in [2.75, 3.05) is 26.7 Å². The Morgan fingerprint density at radius 1 is 1.53 bits per heavy atom. The van der Waals surface area contributed by atoms with Crippen LogP contribution in [0.5, 0.6) is 0 Å². The van der Waals surface area contributed by atoms with Crippen LogP contribution in [-0.4, -0.2) is 59.1 Å². The molecular formula is C11H22N2O2. The number of hydrogen-bond donors (Lipinski definition) is 1. The minimum Gasteiger partial charge on any atom is -0.396 e. The molecule has 1 aliphatic heterocycles. The van der Waals surface area contributed by atoms with Gasteiger partial charge in [0.1, 0.15) is 0 Å². The molecule has 1 amide bonds. The minimum absolute atomic E-state index is 0.00273. The highest BCUT2D eigenvalue weighted by molar-refractivity contribution is 5.82. The monoisotopic (exact) mass is 214 g/mol. The molecule has 1 atom stereocenters. The van der Waals surface area contributed by atoms with Crippen LogP contribution >= 0.6 is 0 Å². The standard InChI is InChI=1S/C11H22N2O2/c1-5-13-9(6-7-14)10(15)12(4)8-11(13,2)3/h9,14H,5-8H2,1-4H3. The maximum absolute atomic E-state index is 11.9. The second kappa shape index (κ2) is 4.49. The zero-order valence-corrected chi connectivity index (χ0v) is 10.2. The van der Waals surface area contributed by atoms with E-state index in [1.165, 1.54) is 0 Å². The Labute approximate surface area is 91.9 Å². The molecule has 0 saturated carbocycles. The van der Waals surface area contributed by atoms with Gasteiger partial charge in [0.05, 0.1) is 6.04 Å². The van der Waals surface area contributed by atoms with Crippen molar-refractivity contribution in [1.29, 1.82) is 0 Å². The molecule has 1 aliphatic rings. The van der Waals surface area contributed by atoms with Crippen molar-refractivity contribution in [1.82, 2.24) is 9.80 Å². The number of carbonyl (C=O) groups excluding carboxylic acids is 1. The van der Waals surface area contributed by atoms with E-state index in [2.05, 4.69) is 25.7 Å². The van der Waals surface area contributed by atoms with E-state index in [1.54, 1.807) is 4.90 Å². The summed E-state index contributed by atoms with van der Waals surface area (Å²) in [6, 6.07) is -0.159. The zero-order valence-electron chi connectivity index (χ0n) is 10.2. The molecule has 1 saturated heterocycles. The number of aliphatic hydroxyl groups excluding tert-OH is 1. The van der Waals surface area contributed by atoms with Crippen LogP contribution in [0.4, 0.5) is 0 Å². The topological polar surface area (TPSA) is 43.8 Å². The lowest BCUT2D eigenvalue weighted by Gasteiger charge is -2.49. The number of carbonyl (C=O) groups is 1. The van der Waals surface area contributed by atoms with Crippen LogP contribution < -0.4 is 0 Å². The molecule has 0 spiro atoms. The van der Waals surface area contributed by atoms with Gasteiger partial charge in [0.25, 0.3) is 0 Å². The molecule has 4 nitrogen and oxygen atoms in total. The van der Waals surface area contributed by atoms with Gasteiger partial charge < -0.3 is 10.0 Å². The quantitative estimate of drug-likeness (QED) is 0.735. The van der Waals surface area contributed by atoms with Gasteiger partial charge in [-0.3, -0.25) is 9.69 Å². The summed E-state index contributed by atoms with van der Waals surface area (Å²) in [5.74, 6) is 0.130. The number of rotatable bonds is 3. The fourth-order valence-electron chi connectivity index (χ4n) is 2.61. The summed E-state index contributed by atoms with van der Waals surface area (Å²) in [5, 5.41) is 9.01. The SMILES string of the molecule is CCN1C(CCO)C(=O)N(C)CC1(C)C. The van der Waals surface area contributed by atoms with E-state index in [0.717, 1.165) is 13.1 Å². The summed E-state index contributed by atoms with van der Waals surface area (Å²) >= 11 is 0. The Kier molecular flexibility index (Phi) is 3.73. The maximum atomic E-state index is 11.9. The van der Waals surface area contributed by atoms with Crippen molar-refractivity contribution >= 4 is 5.91 Å². The maximum Gasteiger partial charge on any atom is 0.239 e. The molecule has 1 rings (SSSR count). The highest BCUT2D eigenvalue weighted by atomic mass is 16.3. The van der Waals surface area contributed by atoms with Crippen molar-refractivity contribution in [3.8, 4) is 0 Å². The van der Waals surface area contributed by atoms with Crippen molar-refractivity contribution in [2.45, 2.75) is 38.8 Å². The van der Waals surface area contributed by atoms with E-state index in [1.807, 2.05) is 7.05 Å². The molecule has 1 heterocycles. The number of hydrogen-bond acceptors (Lipinski definition) is 3. The van der Waals surface area contributed by atoms with Crippen LogP contribution in [0.2, 0.25) is 0 Å². The molecule has 88 valence electrons. The second-order valence-electron chi connectivity index (χ2n) is 4.82. The van der Waals surface area contributed by atoms with Gasteiger partial charge in [-0.05, 0) is 26.8 Å². The van der Waals surface area contributed by atoms with Crippen LogP contribution in [0.3, 0.4) is 0 Å². The molecule has 4 heteroatoms. The van der Waals surface area contributed by atoms with Gasteiger partial charge in [0.15, 0.2) is 0 Å². The lowest BCUT2D eigenvalue weighted by Crippen LogP contribution is -2.65. The summed E-state index contributed by atoms with van der Waals surface area (Å²) in [4.78, 5) is 15.9. The third kappa shape index (κ3) is 2.32. The van der Waals surface area contributed by atoms with Crippen molar-refractivity contribution < 1.29 is 9.90 Å². The molecule has 0 bridgehead atoms. The number of likely N-dealkylation sites (N-methyl/N-ethyl adjacent to an activating group) is 2. The average molecular weight is 214 g/mol. The first-order valence-corrected chi connectivity index (χ1v) is 5.56. The molecular weight excluding hydrogens is 192 g/mol. The van der Waals surface area contributed by atoms with Gasteiger partial charge in [0.2, 0.25) is 5.91 Å². The summed E-state index contributed by atoms with van der Waals surface area (Å²) in [7, 11) is 1.83. The van der Waals surface area contributed by atoms with Gasteiger partial charge in [-0.25, -0.2) is 0 Å². The van der Waals surface area contributed by atoms with E-state index in [0.29, 0.717) is 6.42 Å². The van der Waals surface area contributed by atoms with E-state index in [-0.39, 0.29) is 24.1 Å². The highest BCUT2D eigenvalue weighted by Crippen LogP contribution is 2.26. The summed E-state index contributed by atoms with van der Waals surface area (Å²) < 4.78 is 0. The first-order valence-electron chi connectivity index (χ1n) is 5.56. The predicted octanol–water partition coefficient (Wildman–Crippen LogP) is 0.310. The largest absolute Gasteiger partial charge is 0.396 e. The smallest absolute Gasteiger partial charge is 0.239 e. The fourth-order valence-corrected chi connectivity index (χ4v) is 2.61. The summed E-state index contributed by atoms with van der Waals surface area (Å²) in [6.07, 6.45) is 0.528. The van der Waals surface area contributed by atoms with E-state index in [4.69, 9.17) is 5.11 Å². The van der Waals surface area contributed by atoms with Gasteiger partial charge in [-0.1, -0.05) is 6.92 Å². The number of aliphatic hydroxyl groups is 1. The normalized spacial score (nSPS) is 27.1. The Bertz CT molecular complexity index is 241. The van der Waals surface area contributed by atoms with Crippen LogP contribution in [-0.2, 0) is 4.79 Å². The Morgan fingerprint density at radius 2 is 2.13 bits per heavy atom. The van der Waals surface area contributed by atoms with E-state index < -0.39 is 0 Å². The average Bonchev–Trinajstić information content (AvgIpc) is 2.13. The number of nitrogens with zero attached hydrogens (tertiary/aromatic N) is 2. The Balaban J connectivity index is 2.90. The highest BCUT2D eigenvalue weighted by Gasteiger charge is 2.42. The molecule has 1 unspecified atom stereocenters. The third-order valence-electron chi connectivity index (χ3n) is 3.18. The first kappa shape index (κ1) is 12.5. The molecule has 15 heavy (non-hydrogen) atoms. The lowest BCUT2D eigenvalue weighted by atomic mass is 9.93. The van der Waals surface area contributed by atoms with Crippen molar-refractivity contribution in [2.24, 2.45) is 0 Å². The molecule has 0 aliphatic carbocycles. The zero-order chi connectivity index (χ0) is 11.6. The van der Waals surface area contributed by atoms with E-state index in [9.17, 15) is 4.79 Å². The first-order chi connectivity index (χ1) is 6.94. The molecule has 0 aromatic rings. The second-order valence-corrected chi connectivity index (χ2v) is 4.82. The summed E-state index contributed by atoms with van der Waals surface area (Å²) in [6.45, 7) is 8.01. The predicted molar refractivity (Wildman–Crippen MR) is 59.6 cm³/mol. The number of piperazine rings is 1. The van der Waals surface area contributed by atoms with Crippen molar-refractivity contribution in [3.05, 3.63) is 0 Å². The Hall–Kier alpha value is -0.610. The van der Waals surface area contributed by atoms with E-state index >= 15 is 0 Å². The van der Waals surface area contributed by atoms with Crippen LogP contribution in [0.25, 0.3) is 0 Å². The lowest BCUT2D eigenvalue weighted by molar-refractivity contribution is -0.148. The van der Waals surface area contributed by atoms with Gasteiger partial charge in [-0.2, -0.15) is 0 Å². The minimum atomic E-state index is -0.159. The molecule has 1 fully saturated rings. The third-order valence-corrected chi connectivity index (χ3v) is 3.18. The van der Waals surface area contributed by atoms with Gasteiger partial charge in [-0.15, -0.1) is 0 Å². The van der Waals surface area contributed by atoms with Crippen LogP contribution in [0.1, 0.15) is 27.2 Å². The molecule has 0 radical (unpaired) electrons. The number of amides is 1. The van der Waals surface area contributed by atoms with Crippen molar-refractivity contribution in [3.63, 3.8) is 0 Å². The molecule has 0 aromatic heterocycles. The molecule has 1 N–H and O–H groups in total. The van der Waals surface area contributed by atoms with Crippen LogP contribution in [0.15, 0.2) is 0 Å². The van der Waals surface area contributed by atoms with Gasteiger partial charge in [0, 0.05) is 25.7 Å². The Morgan fingerprint density at radius 3 is 2.60 bits per heavy atom. The summed E-state index contributed by atoms with van der Waals surface area (Å²) in [5.41, 5.74) is -0.00273. The van der Waals surface area contributed by atoms with Crippen LogP contribution in [0, 0.1) is 0 Å². The van der Waals surface area contributed by atoms with Gasteiger partial charge >= 0.3 is 0 Å². The molecule has 0 aromatic carbocycles.